The van der Waals surface area contributed by atoms with Gasteiger partial charge in [0, 0.05) is 42.4 Å². The lowest BCUT2D eigenvalue weighted by atomic mass is 10.0. The SMILES string of the molecule is Cc1ccc(-n2cccc2[C@H]2[C@H](c3ccccn3)NC(=S)N2CCC(=O)Nc2ccccc2)cc1C. The molecule has 1 aliphatic rings. The average Bonchev–Trinajstić information content (AvgIpc) is 3.50. The molecule has 0 spiro atoms. The zero-order chi connectivity index (χ0) is 25.1. The molecule has 2 aromatic heterocycles. The van der Waals surface area contributed by atoms with Crippen LogP contribution in [0.4, 0.5) is 5.69 Å². The fourth-order valence-corrected chi connectivity index (χ4v) is 5.01. The summed E-state index contributed by atoms with van der Waals surface area (Å²) in [6, 6.07) is 25.8. The Morgan fingerprint density at radius 2 is 1.81 bits per heavy atom. The van der Waals surface area contributed by atoms with Crippen molar-refractivity contribution in [3.8, 4) is 5.69 Å². The van der Waals surface area contributed by atoms with Crippen molar-refractivity contribution in [2.45, 2.75) is 32.4 Å². The molecular formula is C29H29N5OS. The molecule has 1 amide bonds. The number of para-hydroxylation sites is 1. The third-order valence-electron chi connectivity index (χ3n) is 6.69. The Balaban J connectivity index is 1.46. The Kier molecular flexibility index (Phi) is 6.82. The number of thiocarbonyl (C=S) groups is 1. The largest absolute Gasteiger partial charge is 0.352 e. The predicted molar refractivity (Wildman–Crippen MR) is 147 cm³/mol. The molecule has 1 aliphatic heterocycles. The maximum atomic E-state index is 12.8. The Bertz CT molecular complexity index is 1370. The van der Waals surface area contributed by atoms with Crippen molar-refractivity contribution in [1.29, 1.82) is 0 Å². The van der Waals surface area contributed by atoms with E-state index in [0.29, 0.717) is 18.1 Å². The zero-order valence-electron chi connectivity index (χ0n) is 20.4. The molecule has 182 valence electrons. The maximum absolute atomic E-state index is 12.8. The van der Waals surface area contributed by atoms with Crippen LogP contribution >= 0.6 is 12.2 Å². The van der Waals surface area contributed by atoms with Crippen LogP contribution in [0.15, 0.2) is 91.3 Å². The first-order chi connectivity index (χ1) is 17.5. The van der Waals surface area contributed by atoms with Crippen LogP contribution in [-0.2, 0) is 4.79 Å². The molecule has 0 saturated carbocycles. The van der Waals surface area contributed by atoms with Gasteiger partial charge in [-0.05, 0) is 85.7 Å². The van der Waals surface area contributed by atoms with Crippen LogP contribution in [0, 0.1) is 13.8 Å². The molecule has 3 heterocycles. The van der Waals surface area contributed by atoms with Crippen LogP contribution in [0.5, 0.6) is 0 Å². The molecule has 2 atom stereocenters. The number of carbonyl (C=O) groups excluding carboxylic acids is 1. The van der Waals surface area contributed by atoms with Gasteiger partial charge in [-0.25, -0.2) is 0 Å². The lowest BCUT2D eigenvalue weighted by molar-refractivity contribution is -0.116. The number of aromatic nitrogens is 2. The zero-order valence-corrected chi connectivity index (χ0v) is 21.2. The summed E-state index contributed by atoms with van der Waals surface area (Å²) in [5.41, 5.74) is 6.38. The fourth-order valence-electron chi connectivity index (χ4n) is 4.68. The van der Waals surface area contributed by atoms with Crippen LogP contribution in [0.2, 0.25) is 0 Å². The molecule has 5 rings (SSSR count). The van der Waals surface area contributed by atoms with Gasteiger partial charge in [-0.15, -0.1) is 0 Å². The van der Waals surface area contributed by atoms with E-state index in [2.05, 4.69) is 75.5 Å². The number of hydrogen-bond acceptors (Lipinski definition) is 3. The van der Waals surface area contributed by atoms with Gasteiger partial charge in [-0.3, -0.25) is 9.78 Å². The number of pyridine rings is 1. The van der Waals surface area contributed by atoms with Crippen molar-refractivity contribution in [2.75, 3.05) is 11.9 Å². The number of hydrogen-bond donors (Lipinski definition) is 2. The Hall–Kier alpha value is -3.97. The van der Waals surface area contributed by atoms with Gasteiger partial charge < -0.3 is 20.1 Å². The van der Waals surface area contributed by atoms with E-state index in [1.165, 1.54) is 11.1 Å². The molecule has 0 aliphatic carbocycles. The van der Waals surface area contributed by atoms with Crippen LogP contribution in [-0.4, -0.2) is 32.0 Å². The van der Waals surface area contributed by atoms with Gasteiger partial charge in [0.2, 0.25) is 5.91 Å². The van der Waals surface area contributed by atoms with E-state index in [1.807, 2.05) is 48.5 Å². The van der Waals surface area contributed by atoms with Gasteiger partial charge in [0.05, 0.1) is 17.8 Å². The van der Waals surface area contributed by atoms with Gasteiger partial charge in [-0.1, -0.05) is 30.3 Å². The van der Waals surface area contributed by atoms with Crippen molar-refractivity contribution < 1.29 is 4.79 Å². The maximum Gasteiger partial charge on any atom is 0.226 e. The number of amides is 1. The summed E-state index contributed by atoms with van der Waals surface area (Å²) in [5, 5.41) is 7.08. The standard InChI is InChI=1S/C29H29N5OS/c1-20-13-14-23(19-21(20)2)33-17-8-12-25(33)28-27(24-11-6-7-16-30-24)32-29(36)34(28)18-15-26(35)31-22-9-4-3-5-10-22/h3-14,16-17,19,27-28H,15,18H2,1-2H3,(H,31,35)(H,32,36)/t27-,28-/m0/s1. The number of carbonyl (C=O) groups is 1. The molecule has 0 unspecified atom stereocenters. The second kappa shape index (κ2) is 10.3. The number of nitrogens with one attached hydrogen (secondary N) is 2. The molecule has 2 N–H and O–H groups in total. The quantitative estimate of drug-likeness (QED) is 0.332. The lowest BCUT2D eigenvalue weighted by Gasteiger charge is -2.29. The highest BCUT2D eigenvalue weighted by atomic mass is 32.1. The van der Waals surface area contributed by atoms with Gasteiger partial charge in [0.1, 0.15) is 0 Å². The normalized spacial score (nSPS) is 17.2. The summed E-state index contributed by atoms with van der Waals surface area (Å²) in [6.45, 7) is 4.73. The second-order valence-electron chi connectivity index (χ2n) is 9.06. The van der Waals surface area contributed by atoms with Crippen LogP contribution in [0.1, 0.15) is 41.0 Å². The van der Waals surface area contributed by atoms with Crippen LogP contribution < -0.4 is 10.6 Å². The monoisotopic (exact) mass is 495 g/mol. The van der Waals surface area contributed by atoms with Crippen molar-refractivity contribution in [3.63, 3.8) is 0 Å². The molecular weight excluding hydrogens is 466 g/mol. The first kappa shape index (κ1) is 23.8. The summed E-state index contributed by atoms with van der Waals surface area (Å²) in [7, 11) is 0. The van der Waals surface area contributed by atoms with Crippen LogP contribution in [0.25, 0.3) is 5.69 Å². The molecule has 4 aromatic rings. The van der Waals surface area contributed by atoms with E-state index >= 15 is 0 Å². The highest BCUT2D eigenvalue weighted by Gasteiger charge is 2.41. The van der Waals surface area contributed by atoms with Crippen LogP contribution in [0.3, 0.4) is 0 Å². The summed E-state index contributed by atoms with van der Waals surface area (Å²) < 4.78 is 2.21. The van der Waals surface area contributed by atoms with Gasteiger partial charge in [0.15, 0.2) is 5.11 Å². The number of nitrogens with zero attached hydrogens (tertiary/aromatic N) is 3. The smallest absolute Gasteiger partial charge is 0.226 e. The molecule has 1 fully saturated rings. The minimum atomic E-state index is -0.143. The first-order valence-corrected chi connectivity index (χ1v) is 12.5. The Labute approximate surface area is 217 Å². The van der Waals surface area contributed by atoms with Gasteiger partial charge in [0.25, 0.3) is 0 Å². The summed E-state index contributed by atoms with van der Waals surface area (Å²) in [5.74, 6) is -0.0476. The Morgan fingerprint density at radius 3 is 2.56 bits per heavy atom. The van der Waals surface area contributed by atoms with Crippen molar-refractivity contribution >= 4 is 28.9 Å². The third kappa shape index (κ3) is 4.88. The average molecular weight is 496 g/mol. The number of anilines is 1. The molecule has 6 nitrogen and oxygen atoms in total. The van der Waals surface area contributed by atoms with Gasteiger partial charge >= 0.3 is 0 Å². The van der Waals surface area contributed by atoms with Crippen molar-refractivity contribution in [3.05, 3.63) is 114 Å². The summed E-state index contributed by atoms with van der Waals surface area (Å²) in [6.07, 6.45) is 4.19. The number of benzene rings is 2. The minimum Gasteiger partial charge on any atom is -0.352 e. The summed E-state index contributed by atoms with van der Waals surface area (Å²) in [4.78, 5) is 19.5. The number of rotatable bonds is 7. The minimum absolute atomic E-state index is 0.0476. The highest BCUT2D eigenvalue weighted by Crippen LogP contribution is 2.39. The number of aryl methyl sites for hydroxylation is 2. The Morgan fingerprint density at radius 1 is 1.00 bits per heavy atom. The third-order valence-corrected chi connectivity index (χ3v) is 7.04. The molecule has 2 aromatic carbocycles. The van der Waals surface area contributed by atoms with E-state index in [0.717, 1.165) is 22.8 Å². The molecule has 7 heteroatoms. The second-order valence-corrected chi connectivity index (χ2v) is 9.44. The van der Waals surface area contributed by atoms with E-state index in [4.69, 9.17) is 12.2 Å². The van der Waals surface area contributed by atoms with E-state index in [9.17, 15) is 4.79 Å². The van der Waals surface area contributed by atoms with E-state index in [1.54, 1.807) is 6.20 Å². The molecule has 1 saturated heterocycles. The van der Waals surface area contributed by atoms with Crippen molar-refractivity contribution in [1.82, 2.24) is 19.8 Å². The van der Waals surface area contributed by atoms with Crippen molar-refractivity contribution in [2.24, 2.45) is 0 Å². The predicted octanol–water partition coefficient (Wildman–Crippen LogP) is 5.49. The summed E-state index contributed by atoms with van der Waals surface area (Å²) >= 11 is 5.79. The first-order valence-electron chi connectivity index (χ1n) is 12.1. The fraction of sp³-hybridized carbons (Fsp3) is 0.207. The molecule has 36 heavy (non-hydrogen) atoms. The topological polar surface area (TPSA) is 62.2 Å². The van der Waals surface area contributed by atoms with Gasteiger partial charge in [-0.2, -0.15) is 0 Å². The lowest BCUT2D eigenvalue weighted by Crippen LogP contribution is -2.33. The molecule has 0 radical (unpaired) electrons. The highest BCUT2D eigenvalue weighted by molar-refractivity contribution is 7.80. The van der Waals surface area contributed by atoms with E-state index < -0.39 is 0 Å². The molecule has 0 bridgehead atoms. The van der Waals surface area contributed by atoms with E-state index in [-0.39, 0.29) is 18.0 Å².